The Morgan fingerprint density at radius 2 is 1.75 bits per heavy atom. The van der Waals surface area contributed by atoms with E-state index in [0.29, 0.717) is 13.1 Å². The van der Waals surface area contributed by atoms with Gasteiger partial charge >= 0.3 is 11.7 Å². The van der Waals surface area contributed by atoms with Gasteiger partial charge in [-0.25, -0.2) is 18.0 Å². The maximum Gasteiger partial charge on any atom is 0.338 e. The SMILES string of the molecule is Cn1c(NC(=O)COC(=O)c2ccc(Cl)c(S(=O)(=O)N3CCCC3)c2)cc(=O)n(C)c1=O. The van der Waals surface area contributed by atoms with Gasteiger partial charge in [0, 0.05) is 33.3 Å². The molecule has 0 spiro atoms. The van der Waals surface area contributed by atoms with Crippen molar-refractivity contribution in [3.63, 3.8) is 0 Å². The Balaban J connectivity index is 1.71. The van der Waals surface area contributed by atoms with Crippen LogP contribution < -0.4 is 16.6 Å². The molecule has 1 aromatic heterocycles. The highest BCUT2D eigenvalue weighted by Gasteiger charge is 2.30. The maximum absolute atomic E-state index is 12.8. The third kappa shape index (κ3) is 4.76. The molecule has 0 radical (unpaired) electrons. The smallest absolute Gasteiger partial charge is 0.338 e. The molecular weight excluding hydrogens is 464 g/mol. The van der Waals surface area contributed by atoms with E-state index in [2.05, 4.69) is 5.32 Å². The van der Waals surface area contributed by atoms with E-state index in [4.69, 9.17) is 16.3 Å². The van der Waals surface area contributed by atoms with E-state index in [-0.39, 0.29) is 21.3 Å². The first-order valence-electron chi connectivity index (χ1n) is 9.56. The minimum absolute atomic E-state index is 0.0298. The largest absolute Gasteiger partial charge is 0.452 e. The van der Waals surface area contributed by atoms with Gasteiger partial charge in [0.05, 0.1) is 10.6 Å². The van der Waals surface area contributed by atoms with Crippen molar-refractivity contribution < 1.29 is 22.7 Å². The zero-order valence-electron chi connectivity index (χ0n) is 17.3. The van der Waals surface area contributed by atoms with E-state index in [1.807, 2.05) is 0 Å². The number of hydrogen-bond donors (Lipinski definition) is 1. The van der Waals surface area contributed by atoms with Gasteiger partial charge < -0.3 is 10.1 Å². The molecule has 0 saturated carbocycles. The summed E-state index contributed by atoms with van der Waals surface area (Å²) in [6.45, 7) is 0.0241. The number of anilines is 1. The summed E-state index contributed by atoms with van der Waals surface area (Å²) in [5.74, 6) is -1.79. The number of sulfonamides is 1. The van der Waals surface area contributed by atoms with Crippen molar-refractivity contribution in [3.05, 3.63) is 55.7 Å². The first kappa shape index (κ1) is 23.7. The van der Waals surface area contributed by atoms with Gasteiger partial charge in [0.1, 0.15) is 10.7 Å². The van der Waals surface area contributed by atoms with Crippen LogP contribution in [0.2, 0.25) is 5.02 Å². The number of hydrogen-bond acceptors (Lipinski definition) is 7. The third-order valence-electron chi connectivity index (χ3n) is 4.98. The van der Waals surface area contributed by atoms with Gasteiger partial charge in [-0.1, -0.05) is 11.6 Å². The molecule has 13 heteroatoms. The van der Waals surface area contributed by atoms with Gasteiger partial charge in [0.15, 0.2) is 6.61 Å². The molecule has 0 atom stereocenters. The van der Waals surface area contributed by atoms with Crippen LogP contribution in [0.5, 0.6) is 0 Å². The van der Waals surface area contributed by atoms with Gasteiger partial charge in [-0.05, 0) is 31.0 Å². The van der Waals surface area contributed by atoms with Crippen LogP contribution in [-0.4, -0.2) is 53.4 Å². The van der Waals surface area contributed by atoms with Crippen molar-refractivity contribution >= 4 is 39.3 Å². The lowest BCUT2D eigenvalue weighted by atomic mass is 10.2. The number of benzene rings is 1. The van der Waals surface area contributed by atoms with Crippen molar-refractivity contribution in [2.75, 3.05) is 25.0 Å². The molecule has 1 amide bonds. The molecular formula is C19H21ClN4O7S. The van der Waals surface area contributed by atoms with Crippen molar-refractivity contribution in [1.82, 2.24) is 13.4 Å². The average Bonchev–Trinajstić information content (AvgIpc) is 3.30. The zero-order chi connectivity index (χ0) is 23.6. The predicted octanol–water partition coefficient (Wildman–Crippen LogP) is 0.317. The number of carbonyl (C=O) groups is 2. The lowest BCUT2D eigenvalue weighted by Crippen LogP contribution is -2.38. The number of ether oxygens (including phenoxy) is 1. The van der Waals surface area contributed by atoms with Crippen LogP contribution >= 0.6 is 11.6 Å². The fraction of sp³-hybridized carbons (Fsp3) is 0.368. The minimum Gasteiger partial charge on any atom is -0.452 e. The lowest BCUT2D eigenvalue weighted by Gasteiger charge is -2.17. The predicted molar refractivity (Wildman–Crippen MR) is 115 cm³/mol. The summed E-state index contributed by atoms with van der Waals surface area (Å²) in [4.78, 5) is 47.9. The van der Waals surface area contributed by atoms with Crippen molar-refractivity contribution in [1.29, 1.82) is 0 Å². The molecule has 1 aromatic carbocycles. The number of nitrogens with zero attached hydrogens (tertiary/aromatic N) is 3. The molecule has 1 aliphatic heterocycles. The van der Waals surface area contributed by atoms with Crippen LogP contribution in [0.1, 0.15) is 23.2 Å². The highest BCUT2D eigenvalue weighted by Crippen LogP contribution is 2.28. The van der Waals surface area contributed by atoms with E-state index in [1.165, 1.54) is 30.5 Å². The second-order valence-corrected chi connectivity index (χ2v) is 9.46. The summed E-state index contributed by atoms with van der Waals surface area (Å²) in [5, 5.41) is 2.29. The summed E-state index contributed by atoms with van der Waals surface area (Å²) in [7, 11) is -1.21. The van der Waals surface area contributed by atoms with Gasteiger partial charge in [0.2, 0.25) is 10.0 Å². The third-order valence-corrected chi connectivity index (χ3v) is 7.36. The summed E-state index contributed by atoms with van der Waals surface area (Å²) >= 11 is 6.06. The summed E-state index contributed by atoms with van der Waals surface area (Å²) in [5.41, 5.74) is -1.35. The van der Waals surface area contributed by atoms with E-state index < -0.39 is 39.8 Å². The van der Waals surface area contributed by atoms with Gasteiger partial charge in [-0.3, -0.25) is 18.7 Å². The Hall–Kier alpha value is -2.96. The number of nitrogens with one attached hydrogen (secondary N) is 1. The molecule has 32 heavy (non-hydrogen) atoms. The zero-order valence-corrected chi connectivity index (χ0v) is 18.9. The fourth-order valence-corrected chi connectivity index (χ4v) is 5.16. The van der Waals surface area contributed by atoms with Gasteiger partial charge in [0.25, 0.3) is 11.5 Å². The minimum atomic E-state index is -3.86. The van der Waals surface area contributed by atoms with Crippen molar-refractivity contribution in [3.8, 4) is 0 Å². The van der Waals surface area contributed by atoms with E-state index in [9.17, 15) is 27.6 Å². The summed E-state index contributed by atoms with van der Waals surface area (Å²) in [6.07, 6.45) is 1.49. The Labute approximate surface area is 188 Å². The van der Waals surface area contributed by atoms with Crippen LogP contribution in [0, 0.1) is 0 Å². The molecule has 11 nitrogen and oxygen atoms in total. The molecule has 3 rings (SSSR count). The van der Waals surface area contributed by atoms with Crippen LogP contribution in [0.4, 0.5) is 5.82 Å². The number of halogens is 1. The summed E-state index contributed by atoms with van der Waals surface area (Å²) < 4.78 is 33.7. The fourth-order valence-electron chi connectivity index (χ4n) is 3.14. The second-order valence-electron chi connectivity index (χ2n) is 7.15. The second kappa shape index (κ2) is 9.27. The van der Waals surface area contributed by atoms with Gasteiger partial charge in [-0.15, -0.1) is 0 Å². The van der Waals surface area contributed by atoms with Crippen LogP contribution in [0.15, 0.2) is 38.8 Å². The summed E-state index contributed by atoms with van der Waals surface area (Å²) in [6, 6.07) is 4.73. The highest BCUT2D eigenvalue weighted by atomic mass is 35.5. The Morgan fingerprint density at radius 3 is 2.41 bits per heavy atom. The number of carbonyl (C=O) groups excluding carboxylic acids is 2. The molecule has 0 bridgehead atoms. The molecule has 0 unspecified atom stereocenters. The van der Waals surface area contributed by atoms with Crippen LogP contribution in [0.3, 0.4) is 0 Å². The molecule has 2 aromatic rings. The Morgan fingerprint density at radius 1 is 1.09 bits per heavy atom. The maximum atomic E-state index is 12.8. The number of aromatic nitrogens is 2. The Kier molecular flexibility index (Phi) is 6.86. The number of rotatable bonds is 6. The standard InChI is InChI=1S/C19H21ClN4O7S/c1-22-15(10-17(26)23(2)19(22)28)21-16(25)11-31-18(27)12-5-6-13(20)14(9-12)32(29,30)24-7-3-4-8-24/h5-6,9-10H,3-4,7-8,11H2,1-2H3,(H,21,25). The Bertz CT molecular complexity index is 1290. The molecule has 1 fully saturated rings. The van der Waals surface area contributed by atoms with Gasteiger partial charge in [-0.2, -0.15) is 4.31 Å². The highest BCUT2D eigenvalue weighted by molar-refractivity contribution is 7.89. The average molecular weight is 485 g/mol. The lowest BCUT2D eigenvalue weighted by molar-refractivity contribution is -0.119. The topological polar surface area (TPSA) is 137 Å². The monoisotopic (exact) mass is 484 g/mol. The van der Waals surface area contributed by atoms with E-state index >= 15 is 0 Å². The number of esters is 1. The molecule has 1 saturated heterocycles. The van der Waals surface area contributed by atoms with Crippen LogP contribution in [0.25, 0.3) is 0 Å². The quantitative estimate of drug-likeness (QED) is 0.583. The van der Waals surface area contributed by atoms with E-state index in [0.717, 1.165) is 34.1 Å². The normalized spacial score (nSPS) is 14.3. The molecule has 1 aliphatic rings. The van der Waals surface area contributed by atoms with Crippen LogP contribution in [-0.2, 0) is 33.7 Å². The number of amides is 1. The first-order valence-corrected chi connectivity index (χ1v) is 11.4. The van der Waals surface area contributed by atoms with E-state index in [1.54, 1.807) is 0 Å². The molecule has 172 valence electrons. The molecule has 2 heterocycles. The van der Waals surface area contributed by atoms with Crippen molar-refractivity contribution in [2.24, 2.45) is 14.1 Å². The van der Waals surface area contributed by atoms with Crippen molar-refractivity contribution in [2.45, 2.75) is 17.7 Å². The first-order chi connectivity index (χ1) is 15.0. The molecule has 0 aliphatic carbocycles. The molecule has 1 N–H and O–H groups in total.